The fourth-order valence-corrected chi connectivity index (χ4v) is 4.43. The molecule has 6 heteroatoms. The number of amides is 1. The van der Waals surface area contributed by atoms with Gasteiger partial charge in [-0.1, -0.05) is 6.42 Å². The summed E-state index contributed by atoms with van der Waals surface area (Å²) in [7, 11) is 0. The molecule has 3 heterocycles. The Morgan fingerprint density at radius 3 is 2.85 bits per heavy atom. The number of benzene rings is 1. The summed E-state index contributed by atoms with van der Waals surface area (Å²) in [6, 6.07) is 6.69. The van der Waals surface area contributed by atoms with Gasteiger partial charge < -0.3 is 10.2 Å². The van der Waals surface area contributed by atoms with E-state index in [1.165, 1.54) is 57.3 Å². The molecular weight excluding hydrogens is 331 g/mol. The molecule has 1 amide bonds. The van der Waals surface area contributed by atoms with Crippen molar-refractivity contribution in [1.29, 1.82) is 0 Å². The van der Waals surface area contributed by atoms with Crippen LogP contribution in [0.4, 0.5) is 4.39 Å². The minimum Gasteiger partial charge on any atom is -0.352 e. The summed E-state index contributed by atoms with van der Waals surface area (Å²) >= 11 is 0. The summed E-state index contributed by atoms with van der Waals surface area (Å²) in [6.07, 6.45) is 7.77. The maximum atomic E-state index is 13.1. The number of nitrogens with one attached hydrogen (secondary N) is 2. The zero-order valence-corrected chi connectivity index (χ0v) is 14.9. The maximum Gasteiger partial charge on any atom is 0.255 e. The van der Waals surface area contributed by atoms with Crippen LogP contribution in [0.3, 0.4) is 0 Å². The van der Waals surface area contributed by atoms with Crippen LogP contribution in [0.2, 0.25) is 0 Å². The first kappa shape index (κ1) is 17.2. The zero-order chi connectivity index (χ0) is 17.9. The number of carbonyl (C=O) groups is 1. The van der Waals surface area contributed by atoms with Crippen LogP contribution < -0.4 is 5.32 Å². The van der Waals surface area contributed by atoms with Crippen LogP contribution in [0, 0.1) is 11.7 Å². The highest BCUT2D eigenvalue weighted by molar-refractivity contribution is 5.99. The Labute approximate surface area is 153 Å². The van der Waals surface area contributed by atoms with Gasteiger partial charge in [0.1, 0.15) is 5.82 Å². The van der Waals surface area contributed by atoms with E-state index in [0.29, 0.717) is 29.8 Å². The molecule has 1 aromatic carbocycles. The van der Waals surface area contributed by atoms with Crippen molar-refractivity contribution in [2.24, 2.45) is 5.92 Å². The number of H-pyrrole nitrogens is 1. The van der Waals surface area contributed by atoms with Crippen LogP contribution in [-0.4, -0.2) is 46.7 Å². The average molecular weight is 356 g/mol. The number of nitrogens with zero attached hydrogens (tertiary/aromatic N) is 2. The molecule has 2 atom stereocenters. The van der Waals surface area contributed by atoms with Gasteiger partial charge in [0.2, 0.25) is 0 Å². The van der Waals surface area contributed by atoms with Gasteiger partial charge in [0, 0.05) is 18.2 Å². The van der Waals surface area contributed by atoms with E-state index in [1.54, 1.807) is 18.3 Å². The average Bonchev–Trinajstić information content (AvgIpc) is 3.16. The molecule has 0 saturated carbocycles. The van der Waals surface area contributed by atoms with Crippen LogP contribution in [0.15, 0.2) is 30.5 Å². The monoisotopic (exact) mass is 356 g/mol. The van der Waals surface area contributed by atoms with Gasteiger partial charge in [0.25, 0.3) is 5.91 Å². The predicted molar refractivity (Wildman–Crippen MR) is 98.3 cm³/mol. The molecule has 2 unspecified atom stereocenters. The molecular formula is C20H25FN4O. The SMILES string of the molecule is O=C(NCC1CCCN2CCCCC12)c1cn[nH]c1-c1ccc(F)cc1. The first-order valence-electron chi connectivity index (χ1n) is 9.54. The van der Waals surface area contributed by atoms with E-state index in [2.05, 4.69) is 20.4 Å². The number of rotatable bonds is 4. The third kappa shape index (κ3) is 3.51. The van der Waals surface area contributed by atoms with Gasteiger partial charge in [-0.15, -0.1) is 0 Å². The molecule has 2 aliphatic rings. The normalized spacial score (nSPS) is 23.4. The number of hydrogen-bond donors (Lipinski definition) is 2. The van der Waals surface area contributed by atoms with Gasteiger partial charge in [0.15, 0.2) is 0 Å². The number of hydrogen-bond acceptors (Lipinski definition) is 3. The lowest BCUT2D eigenvalue weighted by Crippen LogP contribution is -2.51. The molecule has 2 saturated heterocycles. The van der Waals surface area contributed by atoms with E-state index in [0.717, 1.165) is 5.56 Å². The number of aromatic amines is 1. The van der Waals surface area contributed by atoms with Gasteiger partial charge in [-0.05, 0) is 69.0 Å². The van der Waals surface area contributed by atoms with Crippen LogP contribution in [0.5, 0.6) is 0 Å². The lowest BCUT2D eigenvalue weighted by Gasteiger charge is -2.44. The number of fused-ring (bicyclic) bond motifs is 1. The third-order valence-corrected chi connectivity index (χ3v) is 5.77. The lowest BCUT2D eigenvalue weighted by molar-refractivity contribution is 0.0576. The highest BCUT2D eigenvalue weighted by atomic mass is 19.1. The molecule has 0 radical (unpaired) electrons. The van der Waals surface area contributed by atoms with Gasteiger partial charge in [-0.3, -0.25) is 9.89 Å². The summed E-state index contributed by atoms with van der Waals surface area (Å²) in [5.74, 6) is 0.105. The largest absolute Gasteiger partial charge is 0.352 e. The van der Waals surface area contributed by atoms with Crippen molar-refractivity contribution in [2.75, 3.05) is 19.6 Å². The Morgan fingerprint density at radius 1 is 1.19 bits per heavy atom. The van der Waals surface area contributed by atoms with Crippen molar-refractivity contribution < 1.29 is 9.18 Å². The first-order valence-corrected chi connectivity index (χ1v) is 9.54. The van der Waals surface area contributed by atoms with Crippen molar-refractivity contribution >= 4 is 5.91 Å². The molecule has 2 fully saturated rings. The molecule has 0 aliphatic carbocycles. The van der Waals surface area contributed by atoms with E-state index in [4.69, 9.17) is 0 Å². The molecule has 2 aliphatic heterocycles. The summed E-state index contributed by atoms with van der Waals surface area (Å²) in [5, 5.41) is 9.99. The van der Waals surface area contributed by atoms with Crippen molar-refractivity contribution in [3.8, 4) is 11.3 Å². The fraction of sp³-hybridized carbons (Fsp3) is 0.500. The summed E-state index contributed by atoms with van der Waals surface area (Å²) < 4.78 is 13.1. The third-order valence-electron chi connectivity index (χ3n) is 5.77. The standard InChI is InChI=1S/C20H25FN4O/c21-16-8-6-14(7-9-16)19-17(13-23-24-19)20(26)22-12-15-4-3-11-25-10-2-1-5-18(15)25/h6-9,13,15,18H,1-5,10-12H2,(H,22,26)(H,23,24). The van der Waals surface area contributed by atoms with Crippen LogP contribution in [0.1, 0.15) is 42.5 Å². The van der Waals surface area contributed by atoms with Crippen LogP contribution in [0.25, 0.3) is 11.3 Å². The van der Waals surface area contributed by atoms with Crippen molar-refractivity contribution in [3.63, 3.8) is 0 Å². The van der Waals surface area contributed by atoms with E-state index in [9.17, 15) is 9.18 Å². The fourth-order valence-electron chi connectivity index (χ4n) is 4.43. The number of halogens is 1. The van der Waals surface area contributed by atoms with Gasteiger partial charge in [0.05, 0.1) is 17.5 Å². The Balaban J connectivity index is 1.43. The Hall–Kier alpha value is -2.21. The zero-order valence-electron chi connectivity index (χ0n) is 14.9. The van der Waals surface area contributed by atoms with E-state index in [-0.39, 0.29) is 11.7 Å². The quantitative estimate of drug-likeness (QED) is 0.884. The lowest BCUT2D eigenvalue weighted by atomic mass is 9.83. The number of aromatic nitrogens is 2. The Bertz CT molecular complexity index is 755. The van der Waals surface area contributed by atoms with Crippen molar-refractivity contribution in [2.45, 2.75) is 38.1 Å². The van der Waals surface area contributed by atoms with Gasteiger partial charge >= 0.3 is 0 Å². The number of carbonyl (C=O) groups excluding carboxylic acids is 1. The smallest absolute Gasteiger partial charge is 0.255 e. The Morgan fingerprint density at radius 2 is 2.00 bits per heavy atom. The Kier molecular flexibility index (Phi) is 5.02. The van der Waals surface area contributed by atoms with Crippen LogP contribution in [-0.2, 0) is 0 Å². The van der Waals surface area contributed by atoms with Crippen LogP contribution >= 0.6 is 0 Å². The van der Waals surface area contributed by atoms with E-state index < -0.39 is 0 Å². The van der Waals surface area contributed by atoms with Gasteiger partial charge in [-0.2, -0.15) is 5.10 Å². The summed E-state index contributed by atoms with van der Waals surface area (Å²) in [6.45, 7) is 3.10. The second-order valence-electron chi connectivity index (χ2n) is 7.38. The first-order chi connectivity index (χ1) is 12.7. The van der Waals surface area contributed by atoms with Crippen molar-refractivity contribution in [1.82, 2.24) is 20.4 Å². The molecule has 0 spiro atoms. The number of piperidine rings is 2. The predicted octanol–water partition coefficient (Wildman–Crippen LogP) is 3.21. The minimum atomic E-state index is -0.298. The van der Waals surface area contributed by atoms with Crippen molar-refractivity contribution in [3.05, 3.63) is 41.8 Å². The molecule has 0 bridgehead atoms. The molecule has 138 valence electrons. The molecule has 5 nitrogen and oxygen atoms in total. The van der Waals surface area contributed by atoms with E-state index in [1.807, 2.05) is 0 Å². The second-order valence-corrected chi connectivity index (χ2v) is 7.38. The summed E-state index contributed by atoms with van der Waals surface area (Å²) in [5.41, 5.74) is 1.89. The van der Waals surface area contributed by atoms with E-state index >= 15 is 0 Å². The summed E-state index contributed by atoms with van der Waals surface area (Å²) in [4.78, 5) is 15.3. The molecule has 4 rings (SSSR count). The highest BCUT2D eigenvalue weighted by Crippen LogP contribution is 2.30. The topological polar surface area (TPSA) is 61.0 Å². The molecule has 26 heavy (non-hydrogen) atoms. The second kappa shape index (κ2) is 7.58. The highest BCUT2D eigenvalue weighted by Gasteiger charge is 2.33. The maximum absolute atomic E-state index is 13.1. The molecule has 2 N–H and O–H groups in total. The van der Waals surface area contributed by atoms with Gasteiger partial charge in [-0.25, -0.2) is 4.39 Å². The minimum absolute atomic E-state index is 0.119. The molecule has 1 aromatic heterocycles. The molecule has 2 aromatic rings.